The van der Waals surface area contributed by atoms with Crippen molar-refractivity contribution in [2.45, 2.75) is 37.1 Å². The Bertz CT molecular complexity index is 616. The van der Waals surface area contributed by atoms with Crippen LogP contribution in [0.1, 0.15) is 31.2 Å². The molecule has 0 unspecified atom stereocenters. The van der Waals surface area contributed by atoms with Crippen LogP contribution in [0.25, 0.3) is 0 Å². The van der Waals surface area contributed by atoms with Crippen molar-refractivity contribution in [2.24, 2.45) is 4.99 Å². The number of piperidine rings is 1. The highest BCUT2D eigenvalue weighted by atomic mass is 35.5. The second-order valence-corrected chi connectivity index (χ2v) is 7.66. The Morgan fingerprint density at radius 1 is 1.40 bits per heavy atom. The molecule has 2 fully saturated rings. The van der Waals surface area contributed by atoms with Crippen LogP contribution in [-0.4, -0.2) is 50.1 Å². The molecule has 1 aliphatic heterocycles. The largest absolute Gasteiger partial charge is 0.356 e. The molecule has 3 rings (SSSR count). The standard InChI is InChI=1S/C20H29ClN4/c1-3-11-25-12-7-18(8-13-25)24-19(22-2)23-15-20(9-10-20)16-5-4-6-17(21)14-16/h3-6,14,18H,1,7-13,15H2,2H3,(H2,22,23,24). The third-order valence-electron chi connectivity index (χ3n) is 5.42. The summed E-state index contributed by atoms with van der Waals surface area (Å²) in [4.78, 5) is 6.86. The van der Waals surface area contributed by atoms with E-state index in [-0.39, 0.29) is 5.41 Å². The van der Waals surface area contributed by atoms with Gasteiger partial charge in [-0.25, -0.2) is 0 Å². The molecule has 2 N–H and O–H groups in total. The van der Waals surface area contributed by atoms with Gasteiger partial charge in [0.25, 0.3) is 0 Å². The van der Waals surface area contributed by atoms with Gasteiger partial charge in [0.15, 0.2) is 5.96 Å². The van der Waals surface area contributed by atoms with E-state index < -0.39 is 0 Å². The average Bonchev–Trinajstić information content (AvgIpc) is 3.41. The van der Waals surface area contributed by atoms with E-state index in [2.05, 4.69) is 39.2 Å². The van der Waals surface area contributed by atoms with Crippen LogP contribution in [0.2, 0.25) is 5.02 Å². The maximum atomic E-state index is 6.17. The van der Waals surface area contributed by atoms with Gasteiger partial charge < -0.3 is 10.6 Å². The third kappa shape index (κ3) is 4.77. The van der Waals surface area contributed by atoms with Gasteiger partial charge in [-0.3, -0.25) is 9.89 Å². The molecular formula is C20H29ClN4. The molecule has 0 radical (unpaired) electrons. The van der Waals surface area contributed by atoms with Crippen LogP contribution in [0, 0.1) is 0 Å². The van der Waals surface area contributed by atoms with E-state index in [4.69, 9.17) is 11.6 Å². The van der Waals surface area contributed by atoms with Gasteiger partial charge in [0.05, 0.1) is 0 Å². The second-order valence-electron chi connectivity index (χ2n) is 7.22. The molecule has 136 valence electrons. The highest BCUT2D eigenvalue weighted by molar-refractivity contribution is 6.30. The number of hydrogen-bond donors (Lipinski definition) is 2. The van der Waals surface area contributed by atoms with Gasteiger partial charge in [0.1, 0.15) is 0 Å². The number of hydrogen-bond acceptors (Lipinski definition) is 2. The molecule has 1 saturated carbocycles. The number of aliphatic imine (C=N–C) groups is 1. The molecule has 0 atom stereocenters. The Morgan fingerprint density at radius 3 is 2.76 bits per heavy atom. The fraction of sp³-hybridized carbons (Fsp3) is 0.550. The summed E-state index contributed by atoms with van der Waals surface area (Å²) in [7, 11) is 1.85. The molecule has 1 aliphatic carbocycles. The van der Waals surface area contributed by atoms with Crippen LogP contribution in [0.5, 0.6) is 0 Å². The molecule has 1 aromatic carbocycles. The van der Waals surface area contributed by atoms with Crippen LogP contribution >= 0.6 is 11.6 Å². The molecular weight excluding hydrogens is 332 g/mol. The molecule has 0 spiro atoms. The maximum absolute atomic E-state index is 6.17. The number of benzene rings is 1. The predicted octanol–water partition coefficient (Wildman–Crippen LogP) is 3.19. The lowest BCUT2D eigenvalue weighted by atomic mass is 9.96. The van der Waals surface area contributed by atoms with E-state index in [0.717, 1.165) is 50.0 Å². The lowest BCUT2D eigenvalue weighted by Crippen LogP contribution is -2.49. The fourth-order valence-electron chi connectivity index (χ4n) is 3.62. The topological polar surface area (TPSA) is 39.7 Å². The predicted molar refractivity (Wildman–Crippen MR) is 107 cm³/mol. The summed E-state index contributed by atoms with van der Waals surface area (Å²) in [6.45, 7) is 7.95. The molecule has 0 bridgehead atoms. The van der Waals surface area contributed by atoms with Crippen molar-refractivity contribution in [3.63, 3.8) is 0 Å². The minimum absolute atomic E-state index is 0.218. The van der Waals surface area contributed by atoms with Crippen molar-refractivity contribution in [1.29, 1.82) is 0 Å². The van der Waals surface area contributed by atoms with Gasteiger partial charge in [-0.15, -0.1) is 6.58 Å². The second kappa shape index (κ2) is 8.24. The Kier molecular flexibility index (Phi) is 6.02. The average molecular weight is 361 g/mol. The Balaban J connectivity index is 1.49. The van der Waals surface area contributed by atoms with Crippen LogP contribution in [0.4, 0.5) is 0 Å². The Labute approximate surface area is 156 Å². The lowest BCUT2D eigenvalue weighted by molar-refractivity contribution is 0.225. The van der Waals surface area contributed by atoms with Crippen molar-refractivity contribution in [1.82, 2.24) is 15.5 Å². The number of rotatable bonds is 6. The van der Waals surface area contributed by atoms with Crippen LogP contribution in [0.15, 0.2) is 41.9 Å². The number of halogens is 1. The number of guanidine groups is 1. The number of likely N-dealkylation sites (tertiary alicyclic amines) is 1. The molecule has 1 saturated heterocycles. The number of nitrogens with one attached hydrogen (secondary N) is 2. The Morgan fingerprint density at radius 2 is 2.16 bits per heavy atom. The van der Waals surface area contributed by atoms with Crippen molar-refractivity contribution in [2.75, 3.05) is 33.2 Å². The fourth-order valence-corrected chi connectivity index (χ4v) is 3.81. The highest BCUT2D eigenvalue weighted by Crippen LogP contribution is 2.48. The normalized spacial score (nSPS) is 21.0. The first-order valence-corrected chi connectivity index (χ1v) is 9.59. The van der Waals surface area contributed by atoms with Crippen LogP contribution in [-0.2, 0) is 5.41 Å². The first kappa shape index (κ1) is 18.3. The van der Waals surface area contributed by atoms with Gasteiger partial charge in [-0.1, -0.05) is 29.8 Å². The van der Waals surface area contributed by atoms with Crippen molar-refractivity contribution in [3.8, 4) is 0 Å². The molecule has 25 heavy (non-hydrogen) atoms. The molecule has 4 nitrogen and oxygen atoms in total. The van der Waals surface area contributed by atoms with Gasteiger partial charge in [0.2, 0.25) is 0 Å². The van der Waals surface area contributed by atoms with E-state index in [9.17, 15) is 0 Å². The van der Waals surface area contributed by atoms with Crippen LogP contribution in [0.3, 0.4) is 0 Å². The Hall–Kier alpha value is -1.52. The molecule has 0 amide bonds. The molecule has 0 aromatic heterocycles. The van der Waals surface area contributed by atoms with Gasteiger partial charge >= 0.3 is 0 Å². The molecule has 5 heteroatoms. The van der Waals surface area contributed by atoms with E-state index >= 15 is 0 Å². The van der Waals surface area contributed by atoms with E-state index in [1.54, 1.807) is 0 Å². The van der Waals surface area contributed by atoms with Crippen LogP contribution < -0.4 is 10.6 Å². The quantitative estimate of drug-likeness (QED) is 0.465. The zero-order chi connectivity index (χ0) is 17.7. The summed E-state index contributed by atoms with van der Waals surface area (Å²) in [6.07, 6.45) is 6.69. The maximum Gasteiger partial charge on any atom is 0.191 e. The minimum atomic E-state index is 0.218. The van der Waals surface area contributed by atoms with Gasteiger partial charge in [0, 0.05) is 49.7 Å². The van der Waals surface area contributed by atoms with Crippen molar-refractivity contribution >= 4 is 17.6 Å². The monoisotopic (exact) mass is 360 g/mol. The minimum Gasteiger partial charge on any atom is -0.356 e. The van der Waals surface area contributed by atoms with Crippen molar-refractivity contribution in [3.05, 3.63) is 47.5 Å². The molecule has 1 heterocycles. The highest BCUT2D eigenvalue weighted by Gasteiger charge is 2.44. The number of nitrogens with zero attached hydrogens (tertiary/aromatic N) is 2. The smallest absolute Gasteiger partial charge is 0.191 e. The molecule has 1 aromatic rings. The summed E-state index contributed by atoms with van der Waals surface area (Å²) in [5.41, 5.74) is 1.55. The summed E-state index contributed by atoms with van der Waals surface area (Å²) in [5.74, 6) is 0.912. The SMILES string of the molecule is C=CCN1CCC(NC(=NC)NCC2(c3cccc(Cl)c3)CC2)CC1. The lowest BCUT2D eigenvalue weighted by Gasteiger charge is -2.32. The summed E-state index contributed by atoms with van der Waals surface area (Å²) in [5, 5.41) is 7.95. The summed E-state index contributed by atoms with van der Waals surface area (Å²) in [6, 6.07) is 8.76. The summed E-state index contributed by atoms with van der Waals surface area (Å²) < 4.78 is 0. The first-order chi connectivity index (χ1) is 12.1. The van der Waals surface area contributed by atoms with Gasteiger partial charge in [-0.05, 0) is 43.4 Å². The third-order valence-corrected chi connectivity index (χ3v) is 5.66. The summed E-state index contributed by atoms with van der Waals surface area (Å²) >= 11 is 6.17. The van der Waals surface area contributed by atoms with Gasteiger partial charge in [-0.2, -0.15) is 0 Å². The zero-order valence-corrected chi connectivity index (χ0v) is 15.9. The van der Waals surface area contributed by atoms with E-state index in [0.29, 0.717) is 6.04 Å². The first-order valence-electron chi connectivity index (χ1n) is 9.22. The molecule has 2 aliphatic rings. The van der Waals surface area contributed by atoms with E-state index in [1.807, 2.05) is 25.3 Å². The van der Waals surface area contributed by atoms with E-state index in [1.165, 1.54) is 18.4 Å². The van der Waals surface area contributed by atoms with Crippen molar-refractivity contribution < 1.29 is 0 Å². The zero-order valence-electron chi connectivity index (χ0n) is 15.1.